The number of aromatic nitrogens is 2. The Kier molecular flexibility index (Phi) is 5.84. The molecule has 3 heterocycles. The van der Waals surface area contributed by atoms with Gasteiger partial charge in [-0.3, -0.25) is 14.7 Å². The molecule has 1 amide bonds. The van der Waals surface area contributed by atoms with Gasteiger partial charge in [0.1, 0.15) is 0 Å². The number of rotatable bonds is 5. The number of amidine groups is 1. The summed E-state index contributed by atoms with van der Waals surface area (Å²) in [6, 6.07) is 22.2. The lowest BCUT2D eigenvalue weighted by Crippen LogP contribution is -2.28. The maximum absolute atomic E-state index is 13.5. The van der Waals surface area contributed by atoms with E-state index in [1.165, 1.54) is 17.3 Å². The van der Waals surface area contributed by atoms with Crippen molar-refractivity contribution in [1.29, 1.82) is 0 Å². The van der Waals surface area contributed by atoms with Crippen LogP contribution in [0.5, 0.6) is 0 Å². The van der Waals surface area contributed by atoms with Crippen LogP contribution in [0.2, 0.25) is 0 Å². The number of hydrogen-bond donors (Lipinski definition) is 0. The average molecular weight is 453 g/mol. The molecule has 33 heavy (non-hydrogen) atoms. The van der Waals surface area contributed by atoms with Crippen molar-refractivity contribution < 1.29 is 4.79 Å². The number of nitrogens with zero attached hydrogens (tertiary/aromatic N) is 4. The van der Waals surface area contributed by atoms with Gasteiger partial charge in [0, 0.05) is 41.1 Å². The van der Waals surface area contributed by atoms with Crippen LogP contribution in [0.3, 0.4) is 0 Å². The number of thioether (sulfide) groups is 1. The first kappa shape index (κ1) is 21.2. The molecule has 0 atom stereocenters. The Morgan fingerprint density at radius 2 is 1.82 bits per heavy atom. The first-order valence-corrected chi connectivity index (χ1v) is 11.8. The molecular formula is C27H24N4OS. The predicted molar refractivity (Wildman–Crippen MR) is 136 cm³/mol. The molecule has 5 rings (SSSR count). The zero-order valence-corrected chi connectivity index (χ0v) is 19.4. The van der Waals surface area contributed by atoms with Gasteiger partial charge in [0.2, 0.25) is 0 Å². The first-order chi connectivity index (χ1) is 16.1. The zero-order chi connectivity index (χ0) is 22.8. The van der Waals surface area contributed by atoms with E-state index in [1.54, 1.807) is 17.3 Å². The average Bonchev–Trinajstić information content (AvgIpc) is 3.34. The van der Waals surface area contributed by atoms with Crippen molar-refractivity contribution in [3.05, 3.63) is 101 Å². The van der Waals surface area contributed by atoms with Gasteiger partial charge in [-0.2, -0.15) is 0 Å². The molecule has 0 spiro atoms. The highest BCUT2D eigenvalue weighted by molar-refractivity contribution is 8.18. The van der Waals surface area contributed by atoms with E-state index in [4.69, 9.17) is 4.99 Å². The van der Waals surface area contributed by atoms with Gasteiger partial charge in [0.15, 0.2) is 5.17 Å². The smallest absolute Gasteiger partial charge is 0.267 e. The molecule has 1 saturated heterocycles. The first-order valence-electron chi connectivity index (χ1n) is 10.9. The van der Waals surface area contributed by atoms with E-state index < -0.39 is 0 Å². The fraction of sp³-hybridized carbons (Fsp3) is 0.148. The number of carbonyl (C=O) groups excluding carboxylic acids is 1. The summed E-state index contributed by atoms with van der Waals surface area (Å²) in [4.78, 5) is 24.9. The van der Waals surface area contributed by atoms with Gasteiger partial charge in [0.05, 0.1) is 17.1 Å². The molecule has 2 aromatic carbocycles. The molecule has 4 aromatic rings. The lowest BCUT2D eigenvalue weighted by Gasteiger charge is -2.15. The molecule has 2 aromatic heterocycles. The van der Waals surface area contributed by atoms with Crippen molar-refractivity contribution in [1.82, 2.24) is 14.5 Å². The number of hydrogen-bond acceptors (Lipinski definition) is 4. The van der Waals surface area contributed by atoms with Crippen LogP contribution in [0.1, 0.15) is 31.0 Å². The van der Waals surface area contributed by atoms with Crippen molar-refractivity contribution >= 4 is 45.5 Å². The maximum Gasteiger partial charge on any atom is 0.267 e. The van der Waals surface area contributed by atoms with Gasteiger partial charge < -0.3 is 4.57 Å². The Hall–Kier alpha value is -3.64. The number of amides is 1. The van der Waals surface area contributed by atoms with E-state index in [0.29, 0.717) is 22.7 Å². The van der Waals surface area contributed by atoms with Crippen LogP contribution >= 0.6 is 11.8 Å². The second-order valence-electron chi connectivity index (χ2n) is 8.20. The topological polar surface area (TPSA) is 50.5 Å². The van der Waals surface area contributed by atoms with E-state index >= 15 is 0 Å². The molecule has 1 aliphatic rings. The number of benzene rings is 2. The normalized spacial score (nSPS) is 16.6. The molecule has 0 radical (unpaired) electrons. The highest BCUT2D eigenvalue weighted by Crippen LogP contribution is 2.36. The van der Waals surface area contributed by atoms with Crippen LogP contribution in [-0.4, -0.2) is 25.5 Å². The minimum atomic E-state index is -0.0417. The van der Waals surface area contributed by atoms with Crippen molar-refractivity contribution in [2.24, 2.45) is 4.99 Å². The summed E-state index contributed by atoms with van der Waals surface area (Å²) >= 11 is 1.42. The van der Waals surface area contributed by atoms with Crippen LogP contribution in [0, 0.1) is 0 Å². The molecule has 0 saturated carbocycles. The summed E-state index contributed by atoms with van der Waals surface area (Å²) in [6.45, 7) is 4.76. The van der Waals surface area contributed by atoms with Crippen molar-refractivity contribution in [3.63, 3.8) is 0 Å². The zero-order valence-electron chi connectivity index (χ0n) is 18.6. The van der Waals surface area contributed by atoms with Crippen molar-refractivity contribution in [2.45, 2.75) is 26.4 Å². The second kappa shape index (κ2) is 9.08. The molecule has 0 N–H and O–H groups in total. The summed E-state index contributed by atoms with van der Waals surface area (Å²) in [5.41, 5.74) is 3.99. The lowest BCUT2D eigenvalue weighted by molar-refractivity contribution is -0.122. The summed E-state index contributed by atoms with van der Waals surface area (Å²) in [5.74, 6) is -0.0417. The predicted octanol–water partition coefficient (Wildman–Crippen LogP) is 6.42. The van der Waals surface area contributed by atoms with Gasteiger partial charge in [-0.1, -0.05) is 42.5 Å². The SMILES string of the molecule is CC(C)n1cc(/C=C2/SC(=Nc3ccccc3)N(Cc3cccnc3)C2=O)c2ccccc21. The Bertz CT molecular complexity index is 1360. The Morgan fingerprint density at radius 1 is 1.03 bits per heavy atom. The Balaban J connectivity index is 1.56. The summed E-state index contributed by atoms with van der Waals surface area (Å²) in [6.07, 6.45) is 7.65. The van der Waals surface area contributed by atoms with Crippen LogP contribution < -0.4 is 0 Å². The Morgan fingerprint density at radius 3 is 2.58 bits per heavy atom. The van der Waals surface area contributed by atoms with Crippen LogP contribution in [0.25, 0.3) is 17.0 Å². The second-order valence-corrected chi connectivity index (χ2v) is 9.20. The molecule has 1 aliphatic heterocycles. The van der Waals surface area contributed by atoms with E-state index in [1.807, 2.05) is 60.7 Å². The molecule has 0 bridgehead atoms. The fourth-order valence-corrected chi connectivity index (χ4v) is 4.92. The third-order valence-corrected chi connectivity index (χ3v) is 6.55. The maximum atomic E-state index is 13.5. The lowest BCUT2D eigenvalue weighted by atomic mass is 10.1. The third-order valence-electron chi connectivity index (χ3n) is 5.55. The van der Waals surface area contributed by atoms with Gasteiger partial charge in [-0.05, 0) is 61.5 Å². The van der Waals surface area contributed by atoms with Crippen molar-refractivity contribution in [2.75, 3.05) is 0 Å². The van der Waals surface area contributed by atoms with Crippen LogP contribution in [-0.2, 0) is 11.3 Å². The highest BCUT2D eigenvalue weighted by atomic mass is 32.2. The number of para-hydroxylation sites is 2. The van der Waals surface area contributed by atoms with E-state index in [9.17, 15) is 4.79 Å². The van der Waals surface area contributed by atoms with E-state index in [2.05, 4.69) is 41.7 Å². The monoisotopic (exact) mass is 452 g/mol. The van der Waals surface area contributed by atoms with Crippen molar-refractivity contribution in [3.8, 4) is 0 Å². The molecular weight excluding hydrogens is 428 g/mol. The number of carbonyl (C=O) groups is 1. The standard InChI is InChI=1S/C27H24N4OS/c1-19(2)30-18-21(23-12-6-7-13-24(23)30)15-25-26(32)31(17-20-9-8-14-28-16-20)27(33-25)29-22-10-4-3-5-11-22/h3-16,18-19H,17H2,1-2H3/b25-15+,29-27?. The number of pyridine rings is 1. The fourth-order valence-electron chi connectivity index (χ4n) is 3.93. The largest absolute Gasteiger partial charge is 0.344 e. The molecule has 1 fully saturated rings. The molecule has 0 aliphatic carbocycles. The van der Waals surface area contributed by atoms with Crippen LogP contribution in [0.4, 0.5) is 5.69 Å². The molecule has 164 valence electrons. The van der Waals surface area contributed by atoms with Gasteiger partial charge in [-0.15, -0.1) is 0 Å². The van der Waals surface area contributed by atoms with Gasteiger partial charge >= 0.3 is 0 Å². The molecule has 0 unspecified atom stereocenters. The molecule has 5 nitrogen and oxygen atoms in total. The summed E-state index contributed by atoms with van der Waals surface area (Å²) in [7, 11) is 0. The number of aliphatic imine (C=N–C) groups is 1. The third kappa shape index (κ3) is 4.34. The minimum absolute atomic E-state index is 0.0417. The highest BCUT2D eigenvalue weighted by Gasteiger charge is 2.33. The summed E-state index contributed by atoms with van der Waals surface area (Å²) in [5, 5.41) is 1.81. The Labute approximate surface area is 197 Å². The van der Waals surface area contributed by atoms with Crippen LogP contribution in [0.15, 0.2) is 95.2 Å². The minimum Gasteiger partial charge on any atom is -0.344 e. The van der Waals surface area contributed by atoms with Gasteiger partial charge in [0.25, 0.3) is 5.91 Å². The van der Waals surface area contributed by atoms with E-state index in [0.717, 1.165) is 22.2 Å². The van der Waals surface area contributed by atoms with E-state index in [-0.39, 0.29) is 5.91 Å². The molecule has 6 heteroatoms. The quantitative estimate of drug-likeness (QED) is 0.328. The number of fused-ring (bicyclic) bond motifs is 1. The van der Waals surface area contributed by atoms with Gasteiger partial charge in [-0.25, -0.2) is 4.99 Å². The summed E-state index contributed by atoms with van der Waals surface area (Å²) < 4.78 is 2.25.